The standard InChI is InChI=1S/C12H20ClN3O2/c1-9(2)4-3-5-14-6-7-16-8-10(13)11(17)15-12(16)18/h8-9,14H,3-7H2,1-2H3,(H,15,17,18). The molecule has 102 valence electrons. The molecule has 5 nitrogen and oxygen atoms in total. The monoisotopic (exact) mass is 273 g/mol. The molecule has 6 heteroatoms. The Bertz CT molecular complexity index is 479. The molecule has 0 radical (unpaired) electrons. The van der Waals surface area contributed by atoms with E-state index in [1.807, 2.05) is 0 Å². The number of rotatable bonds is 7. The van der Waals surface area contributed by atoms with Crippen molar-refractivity contribution in [3.05, 3.63) is 32.1 Å². The van der Waals surface area contributed by atoms with Gasteiger partial charge in [-0.2, -0.15) is 0 Å². The van der Waals surface area contributed by atoms with Crippen LogP contribution in [0.4, 0.5) is 0 Å². The van der Waals surface area contributed by atoms with Crippen molar-refractivity contribution in [2.75, 3.05) is 13.1 Å². The normalized spacial score (nSPS) is 11.1. The average Bonchev–Trinajstić information content (AvgIpc) is 2.29. The fourth-order valence-corrected chi connectivity index (χ4v) is 1.77. The molecule has 0 saturated carbocycles. The molecule has 0 saturated heterocycles. The molecule has 0 atom stereocenters. The van der Waals surface area contributed by atoms with Gasteiger partial charge in [-0.05, 0) is 25.3 Å². The summed E-state index contributed by atoms with van der Waals surface area (Å²) in [7, 11) is 0. The van der Waals surface area contributed by atoms with Crippen molar-refractivity contribution in [3.8, 4) is 0 Å². The third-order valence-corrected chi connectivity index (χ3v) is 2.90. The predicted octanol–water partition coefficient (Wildman–Crippen LogP) is 1.22. The lowest BCUT2D eigenvalue weighted by Crippen LogP contribution is -2.33. The van der Waals surface area contributed by atoms with Crippen LogP contribution >= 0.6 is 11.6 Å². The molecule has 0 aliphatic carbocycles. The SMILES string of the molecule is CC(C)CCCNCCn1cc(Cl)c(=O)[nH]c1=O. The first kappa shape index (κ1) is 15.0. The van der Waals surface area contributed by atoms with Gasteiger partial charge in [0.2, 0.25) is 0 Å². The van der Waals surface area contributed by atoms with E-state index in [0.717, 1.165) is 13.0 Å². The fraction of sp³-hybridized carbons (Fsp3) is 0.667. The quantitative estimate of drug-likeness (QED) is 0.734. The fourth-order valence-electron chi connectivity index (χ4n) is 1.61. The molecule has 1 rings (SSSR count). The highest BCUT2D eigenvalue weighted by Gasteiger charge is 2.01. The summed E-state index contributed by atoms with van der Waals surface area (Å²) in [5, 5.41) is 3.29. The zero-order valence-electron chi connectivity index (χ0n) is 10.8. The third kappa shape index (κ3) is 5.06. The van der Waals surface area contributed by atoms with Crippen molar-refractivity contribution in [2.45, 2.75) is 33.2 Å². The summed E-state index contributed by atoms with van der Waals surface area (Å²) in [5.41, 5.74) is -0.962. The van der Waals surface area contributed by atoms with Crippen molar-refractivity contribution >= 4 is 11.6 Å². The minimum Gasteiger partial charge on any atom is -0.315 e. The van der Waals surface area contributed by atoms with Gasteiger partial charge in [0.05, 0.1) is 0 Å². The van der Waals surface area contributed by atoms with E-state index in [-0.39, 0.29) is 5.02 Å². The zero-order valence-corrected chi connectivity index (χ0v) is 11.6. The number of nitrogens with one attached hydrogen (secondary N) is 2. The number of hydrogen-bond donors (Lipinski definition) is 2. The Morgan fingerprint density at radius 3 is 2.78 bits per heavy atom. The van der Waals surface area contributed by atoms with Crippen molar-refractivity contribution in [2.24, 2.45) is 5.92 Å². The number of aromatic nitrogens is 2. The first-order valence-corrected chi connectivity index (χ1v) is 6.58. The lowest BCUT2D eigenvalue weighted by molar-refractivity contribution is 0.510. The molecular weight excluding hydrogens is 254 g/mol. The maximum absolute atomic E-state index is 11.4. The minimum atomic E-state index is -0.539. The van der Waals surface area contributed by atoms with Gasteiger partial charge in [0.15, 0.2) is 0 Å². The molecule has 0 aliphatic heterocycles. The van der Waals surface area contributed by atoms with Gasteiger partial charge in [-0.25, -0.2) is 4.79 Å². The molecule has 0 spiro atoms. The van der Waals surface area contributed by atoms with Crippen LogP contribution in [0.15, 0.2) is 15.8 Å². The van der Waals surface area contributed by atoms with Crippen LogP contribution in [-0.2, 0) is 6.54 Å². The molecular formula is C12H20ClN3O2. The van der Waals surface area contributed by atoms with Gasteiger partial charge in [-0.15, -0.1) is 0 Å². The molecule has 0 bridgehead atoms. The Morgan fingerprint density at radius 1 is 1.39 bits per heavy atom. The summed E-state index contributed by atoms with van der Waals surface area (Å²) < 4.78 is 1.40. The Morgan fingerprint density at radius 2 is 2.11 bits per heavy atom. The lowest BCUT2D eigenvalue weighted by atomic mass is 10.1. The Kier molecular flexibility index (Phi) is 6.15. The highest BCUT2D eigenvalue weighted by molar-refractivity contribution is 6.30. The second kappa shape index (κ2) is 7.38. The van der Waals surface area contributed by atoms with Gasteiger partial charge in [0.25, 0.3) is 5.56 Å². The van der Waals surface area contributed by atoms with Crippen molar-refractivity contribution in [3.63, 3.8) is 0 Å². The summed E-state index contributed by atoms with van der Waals surface area (Å²) in [6, 6.07) is 0. The molecule has 0 unspecified atom stereocenters. The van der Waals surface area contributed by atoms with Crippen LogP contribution < -0.4 is 16.6 Å². The molecule has 1 aromatic heterocycles. The van der Waals surface area contributed by atoms with Gasteiger partial charge < -0.3 is 5.32 Å². The third-order valence-electron chi connectivity index (χ3n) is 2.63. The Hall–Kier alpha value is -1.07. The van der Waals surface area contributed by atoms with Crippen LogP contribution in [0.3, 0.4) is 0 Å². The molecule has 1 heterocycles. The lowest BCUT2D eigenvalue weighted by Gasteiger charge is -2.08. The van der Waals surface area contributed by atoms with E-state index in [2.05, 4.69) is 24.1 Å². The van der Waals surface area contributed by atoms with Gasteiger partial charge in [-0.1, -0.05) is 25.4 Å². The van der Waals surface area contributed by atoms with E-state index < -0.39 is 11.2 Å². The van der Waals surface area contributed by atoms with Crippen LogP contribution in [0.2, 0.25) is 5.02 Å². The summed E-state index contributed by atoms with van der Waals surface area (Å²) >= 11 is 5.66. The number of H-pyrrole nitrogens is 1. The maximum Gasteiger partial charge on any atom is 0.328 e. The smallest absolute Gasteiger partial charge is 0.315 e. The van der Waals surface area contributed by atoms with Gasteiger partial charge in [0.1, 0.15) is 5.02 Å². The molecule has 0 fully saturated rings. The van der Waals surface area contributed by atoms with Crippen molar-refractivity contribution in [1.82, 2.24) is 14.9 Å². The minimum absolute atomic E-state index is 0.0365. The molecule has 18 heavy (non-hydrogen) atoms. The summed E-state index contributed by atoms with van der Waals surface area (Å²) in [6.45, 7) is 6.51. The van der Waals surface area contributed by atoms with E-state index in [4.69, 9.17) is 11.6 Å². The van der Waals surface area contributed by atoms with E-state index >= 15 is 0 Å². The molecule has 0 aromatic carbocycles. The van der Waals surface area contributed by atoms with Crippen LogP contribution in [-0.4, -0.2) is 22.6 Å². The molecule has 1 aromatic rings. The maximum atomic E-state index is 11.4. The topological polar surface area (TPSA) is 66.9 Å². The summed E-state index contributed by atoms with van der Waals surface area (Å²) in [6.07, 6.45) is 3.69. The predicted molar refractivity (Wildman–Crippen MR) is 73.3 cm³/mol. The first-order valence-electron chi connectivity index (χ1n) is 6.20. The second-order valence-corrected chi connectivity index (χ2v) is 5.12. The van der Waals surface area contributed by atoms with Crippen molar-refractivity contribution < 1.29 is 0 Å². The Labute approximate surface area is 111 Å². The van der Waals surface area contributed by atoms with Gasteiger partial charge >= 0.3 is 5.69 Å². The highest BCUT2D eigenvalue weighted by atomic mass is 35.5. The van der Waals surface area contributed by atoms with E-state index in [1.165, 1.54) is 17.2 Å². The zero-order chi connectivity index (χ0) is 13.5. The van der Waals surface area contributed by atoms with Crippen LogP contribution in [0, 0.1) is 5.92 Å². The highest BCUT2D eigenvalue weighted by Crippen LogP contribution is 2.01. The second-order valence-electron chi connectivity index (χ2n) is 4.72. The largest absolute Gasteiger partial charge is 0.328 e. The Balaban J connectivity index is 2.34. The van der Waals surface area contributed by atoms with Crippen LogP contribution in [0.1, 0.15) is 26.7 Å². The van der Waals surface area contributed by atoms with Crippen LogP contribution in [0.25, 0.3) is 0 Å². The molecule has 0 aliphatic rings. The van der Waals surface area contributed by atoms with Crippen LogP contribution in [0.5, 0.6) is 0 Å². The summed E-state index contributed by atoms with van der Waals surface area (Å²) in [5.74, 6) is 0.715. The molecule has 2 N–H and O–H groups in total. The first-order chi connectivity index (χ1) is 8.50. The van der Waals surface area contributed by atoms with Crippen molar-refractivity contribution in [1.29, 1.82) is 0 Å². The summed E-state index contributed by atoms with van der Waals surface area (Å²) in [4.78, 5) is 24.6. The molecule has 0 amide bonds. The number of aromatic amines is 1. The number of halogens is 1. The number of nitrogens with zero attached hydrogens (tertiary/aromatic N) is 1. The van der Waals surface area contributed by atoms with Gasteiger partial charge in [-0.3, -0.25) is 14.3 Å². The van der Waals surface area contributed by atoms with E-state index in [1.54, 1.807) is 0 Å². The number of hydrogen-bond acceptors (Lipinski definition) is 3. The van der Waals surface area contributed by atoms with E-state index in [9.17, 15) is 9.59 Å². The van der Waals surface area contributed by atoms with E-state index in [0.29, 0.717) is 19.0 Å². The average molecular weight is 274 g/mol. The van der Waals surface area contributed by atoms with Gasteiger partial charge in [0, 0.05) is 19.3 Å².